The highest BCUT2D eigenvalue weighted by Crippen LogP contribution is 2.34. The van der Waals surface area contributed by atoms with E-state index >= 15 is 0 Å². The minimum absolute atomic E-state index is 0.614. The van der Waals surface area contributed by atoms with Crippen molar-refractivity contribution in [2.24, 2.45) is 0 Å². The molecule has 0 radical (unpaired) electrons. The number of benzene rings is 2. The van der Waals surface area contributed by atoms with Gasteiger partial charge in [-0.15, -0.1) is 0 Å². The summed E-state index contributed by atoms with van der Waals surface area (Å²) in [7, 11) is 3.22. The molecule has 0 heterocycles. The molecule has 0 aromatic heterocycles. The van der Waals surface area contributed by atoms with E-state index in [1.807, 2.05) is 49.4 Å². The lowest BCUT2D eigenvalue weighted by atomic mass is 10.0. The second-order valence-electron chi connectivity index (χ2n) is 4.77. The maximum atomic E-state index is 9.43. The molecule has 0 unspecified atom stereocenters. The highest BCUT2D eigenvalue weighted by Gasteiger charge is 2.10. The smallest absolute Gasteiger partial charge is 0.174 e. The van der Waals surface area contributed by atoms with Gasteiger partial charge in [-0.05, 0) is 58.9 Å². The van der Waals surface area contributed by atoms with Gasteiger partial charge in [-0.1, -0.05) is 29.8 Å². The van der Waals surface area contributed by atoms with Crippen LogP contribution in [0.2, 0.25) is 0 Å². The fraction of sp³-hybridized carbons (Fsp3) is 0.167. The van der Waals surface area contributed by atoms with Crippen molar-refractivity contribution in [3.8, 4) is 17.6 Å². The Balaban J connectivity index is 2.48. The molecule has 0 saturated heterocycles. The number of methoxy groups -OCH3 is 2. The number of allylic oxidation sites excluding steroid dienone is 1. The molecule has 0 saturated carbocycles. The zero-order valence-corrected chi connectivity index (χ0v) is 14.8. The van der Waals surface area contributed by atoms with Crippen LogP contribution in [-0.2, 0) is 0 Å². The molecule has 22 heavy (non-hydrogen) atoms. The van der Waals surface area contributed by atoms with Crippen molar-refractivity contribution in [1.82, 2.24) is 0 Å². The summed E-state index contributed by atoms with van der Waals surface area (Å²) in [6.07, 6.45) is 1.86. The van der Waals surface area contributed by atoms with Gasteiger partial charge >= 0.3 is 0 Å². The van der Waals surface area contributed by atoms with Gasteiger partial charge < -0.3 is 9.47 Å². The number of rotatable bonds is 4. The van der Waals surface area contributed by atoms with Crippen LogP contribution < -0.4 is 9.47 Å². The molecule has 112 valence electrons. The van der Waals surface area contributed by atoms with E-state index in [0.29, 0.717) is 17.1 Å². The van der Waals surface area contributed by atoms with Gasteiger partial charge in [-0.25, -0.2) is 0 Å². The molecular weight excluding hydrogens is 389 g/mol. The topological polar surface area (TPSA) is 42.2 Å². The fourth-order valence-electron chi connectivity index (χ4n) is 2.10. The molecule has 0 fully saturated rings. The maximum absolute atomic E-state index is 9.43. The standard InChI is InChI=1S/C18H16INO2/c1-12-4-6-14(7-5-12)15(11-20)8-13-9-16(19)18(22-3)17(10-13)21-2/h4-10H,1-3H3/b15-8+. The van der Waals surface area contributed by atoms with E-state index in [-0.39, 0.29) is 0 Å². The number of halogens is 1. The second kappa shape index (κ2) is 7.32. The Bertz CT molecular complexity index is 743. The molecule has 0 aliphatic heterocycles. The third kappa shape index (κ3) is 3.60. The lowest BCUT2D eigenvalue weighted by molar-refractivity contribution is 0.353. The summed E-state index contributed by atoms with van der Waals surface area (Å²) in [6, 6.07) is 14.0. The monoisotopic (exact) mass is 405 g/mol. The van der Waals surface area contributed by atoms with Crippen molar-refractivity contribution >= 4 is 34.2 Å². The van der Waals surface area contributed by atoms with Gasteiger partial charge in [-0.3, -0.25) is 0 Å². The molecule has 2 aromatic rings. The quantitative estimate of drug-likeness (QED) is 0.422. The Labute approximate surface area is 144 Å². The van der Waals surface area contributed by atoms with Gasteiger partial charge in [0.2, 0.25) is 0 Å². The number of nitriles is 1. The van der Waals surface area contributed by atoms with Crippen LogP contribution in [0.15, 0.2) is 36.4 Å². The molecular formula is C18H16INO2. The van der Waals surface area contributed by atoms with Crippen LogP contribution in [0.5, 0.6) is 11.5 Å². The van der Waals surface area contributed by atoms with Crippen LogP contribution in [0.3, 0.4) is 0 Å². The third-order valence-electron chi connectivity index (χ3n) is 3.25. The van der Waals surface area contributed by atoms with Crippen LogP contribution in [0, 0.1) is 21.8 Å². The van der Waals surface area contributed by atoms with E-state index in [0.717, 1.165) is 14.7 Å². The minimum atomic E-state index is 0.614. The normalized spacial score (nSPS) is 11.0. The molecule has 3 nitrogen and oxygen atoms in total. The molecule has 0 spiro atoms. The fourth-order valence-corrected chi connectivity index (χ4v) is 2.95. The molecule has 0 atom stereocenters. The number of hydrogen-bond donors (Lipinski definition) is 0. The Kier molecular flexibility index (Phi) is 5.45. The van der Waals surface area contributed by atoms with Gasteiger partial charge in [0.15, 0.2) is 11.5 Å². The first-order valence-corrected chi connectivity index (χ1v) is 7.77. The van der Waals surface area contributed by atoms with Gasteiger partial charge in [-0.2, -0.15) is 5.26 Å². The largest absolute Gasteiger partial charge is 0.493 e. The van der Waals surface area contributed by atoms with E-state index in [2.05, 4.69) is 28.7 Å². The molecule has 0 aliphatic carbocycles. The molecule has 0 N–H and O–H groups in total. The average Bonchev–Trinajstić information content (AvgIpc) is 2.53. The van der Waals surface area contributed by atoms with Crippen LogP contribution in [-0.4, -0.2) is 14.2 Å². The van der Waals surface area contributed by atoms with Crippen LogP contribution in [0.1, 0.15) is 16.7 Å². The number of aryl methyl sites for hydroxylation is 1. The highest BCUT2D eigenvalue weighted by molar-refractivity contribution is 14.1. The minimum Gasteiger partial charge on any atom is -0.493 e. The summed E-state index contributed by atoms with van der Waals surface area (Å²) in [6.45, 7) is 2.02. The summed E-state index contributed by atoms with van der Waals surface area (Å²) < 4.78 is 11.6. The van der Waals surface area contributed by atoms with Gasteiger partial charge in [0.1, 0.15) is 0 Å². The van der Waals surface area contributed by atoms with Crippen molar-refractivity contribution in [2.45, 2.75) is 6.92 Å². The molecule has 2 aromatic carbocycles. The lowest BCUT2D eigenvalue weighted by Crippen LogP contribution is -1.94. The molecule has 2 rings (SSSR count). The van der Waals surface area contributed by atoms with E-state index in [4.69, 9.17) is 9.47 Å². The summed E-state index contributed by atoms with van der Waals surface area (Å²) in [5, 5.41) is 9.43. The average molecular weight is 405 g/mol. The van der Waals surface area contributed by atoms with E-state index < -0.39 is 0 Å². The van der Waals surface area contributed by atoms with Crippen LogP contribution in [0.25, 0.3) is 11.6 Å². The Morgan fingerprint density at radius 1 is 1.14 bits per heavy atom. The van der Waals surface area contributed by atoms with Crippen LogP contribution >= 0.6 is 22.6 Å². The van der Waals surface area contributed by atoms with Gasteiger partial charge in [0.25, 0.3) is 0 Å². The van der Waals surface area contributed by atoms with Crippen LogP contribution in [0.4, 0.5) is 0 Å². The zero-order chi connectivity index (χ0) is 16.1. The number of nitrogens with zero attached hydrogens (tertiary/aromatic N) is 1. The number of ether oxygens (including phenoxy) is 2. The Morgan fingerprint density at radius 3 is 2.36 bits per heavy atom. The van der Waals surface area contributed by atoms with Crippen molar-refractivity contribution in [2.75, 3.05) is 14.2 Å². The lowest BCUT2D eigenvalue weighted by Gasteiger charge is -2.11. The van der Waals surface area contributed by atoms with E-state index in [9.17, 15) is 5.26 Å². The SMILES string of the molecule is COc1cc(/C=C(\C#N)c2ccc(C)cc2)cc(I)c1OC. The molecule has 0 amide bonds. The van der Waals surface area contributed by atoms with Crippen molar-refractivity contribution in [3.05, 3.63) is 56.7 Å². The summed E-state index contributed by atoms with van der Waals surface area (Å²) >= 11 is 2.20. The third-order valence-corrected chi connectivity index (χ3v) is 4.05. The predicted octanol–water partition coefficient (Wildman–Crippen LogP) is 4.68. The predicted molar refractivity (Wildman–Crippen MR) is 96.9 cm³/mol. The van der Waals surface area contributed by atoms with Crippen molar-refractivity contribution < 1.29 is 9.47 Å². The summed E-state index contributed by atoms with van der Waals surface area (Å²) in [4.78, 5) is 0. The van der Waals surface area contributed by atoms with E-state index in [1.165, 1.54) is 5.56 Å². The second-order valence-corrected chi connectivity index (χ2v) is 5.94. The zero-order valence-electron chi connectivity index (χ0n) is 12.7. The Morgan fingerprint density at radius 2 is 1.82 bits per heavy atom. The van der Waals surface area contributed by atoms with Gasteiger partial charge in [0.05, 0.1) is 29.4 Å². The first-order chi connectivity index (χ1) is 10.6. The van der Waals surface area contributed by atoms with E-state index in [1.54, 1.807) is 14.2 Å². The first-order valence-electron chi connectivity index (χ1n) is 6.69. The van der Waals surface area contributed by atoms with Crippen molar-refractivity contribution in [3.63, 3.8) is 0 Å². The first kappa shape index (κ1) is 16.4. The molecule has 0 bridgehead atoms. The summed E-state index contributed by atoms with van der Waals surface area (Å²) in [5.41, 5.74) is 3.58. The highest BCUT2D eigenvalue weighted by atomic mass is 127. The Hall–Kier alpha value is -2.00. The van der Waals surface area contributed by atoms with Crippen molar-refractivity contribution in [1.29, 1.82) is 5.26 Å². The molecule has 4 heteroatoms. The number of hydrogen-bond acceptors (Lipinski definition) is 3. The maximum Gasteiger partial charge on any atom is 0.174 e. The van der Waals surface area contributed by atoms with Gasteiger partial charge in [0, 0.05) is 0 Å². The summed E-state index contributed by atoms with van der Waals surface area (Å²) in [5.74, 6) is 1.36. The molecule has 0 aliphatic rings.